The number of hydrogen-bond donors (Lipinski definition) is 0. The number of imide groups is 1. The zero-order chi connectivity index (χ0) is 24.1. The lowest BCUT2D eigenvalue weighted by Gasteiger charge is -2.28. The van der Waals surface area contributed by atoms with Crippen LogP contribution < -0.4 is 4.74 Å². The summed E-state index contributed by atoms with van der Waals surface area (Å²) in [7, 11) is 0. The van der Waals surface area contributed by atoms with E-state index in [0.29, 0.717) is 17.2 Å². The van der Waals surface area contributed by atoms with Crippen molar-refractivity contribution < 1.29 is 19.1 Å². The molecule has 0 bridgehead atoms. The highest BCUT2D eigenvalue weighted by Crippen LogP contribution is 2.45. The molecule has 10 heteroatoms. The summed E-state index contributed by atoms with van der Waals surface area (Å²) in [6.07, 6.45) is 4.92. The number of benzene rings is 1. The highest BCUT2D eigenvalue weighted by atomic mass is 35.5. The Labute approximate surface area is 215 Å². The van der Waals surface area contributed by atoms with E-state index in [9.17, 15) is 14.4 Å². The lowest BCUT2D eigenvalue weighted by atomic mass is 10.0. The lowest BCUT2D eigenvalue weighted by molar-refractivity contribution is -0.138. The summed E-state index contributed by atoms with van der Waals surface area (Å²) in [6, 6.07) is 7.58. The van der Waals surface area contributed by atoms with E-state index in [0.717, 1.165) is 75.9 Å². The molecule has 1 atom stereocenters. The zero-order valence-corrected chi connectivity index (χ0v) is 21.2. The maximum Gasteiger partial charge on any atom is 0.289 e. The Kier molecular flexibility index (Phi) is 5.94. The number of thiophene rings is 1. The van der Waals surface area contributed by atoms with E-state index >= 15 is 0 Å². The van der Waals surface area contributed by atoms with E-state index in [4.69, 9.17) is 16.3 Å². The summed E-state index contributed by atoms with van der Waals surface area (Å²) in [5.74, 6) is 0.750. The number of pyridine rings is 1. The van der Waals surface area contributed by atoms with E-state index in [-0.39, 0.29) is 29.4 Å². The number of hydrogen-bond acceptors (Lipinski definition) is 7. The number of piperidine rings is 1. The summed E-state index contributed by atoms with van der Waals surface area (Å²) in [5.41, 5.74) is 3.44. The van der Waals surface area contributed by atoms with Gasteiger partial charge in [0.05, 0.1) is 22.5 Å². The predicted octanol–water partition coefficient (Wildman–Crippen LogP) is 5.13. The molecule has 0 N–H and O–H groups in total. The first-order chi connectivity index (χ1) is 17.0. The van der Waals surface area contributed by atoms with Crippen molar-refractivity contribution in [1.29, 1.82) is 0 Å². The second-order valence-electron chi connectivity index (χ2n) is 8.96. The van der Waals surface area contributed by atoms with Crippen molar-refractivity contribution in [3.63, 3.8) is 0 Å². The third-order valence-electron chi connectivity index (χ3n) is 6.65. The van der Waals surface area contributed by atoms with E-state index in [1.807, 2.05) is 29.2 Å². The van der Waals surface area contributed by atoms with Crippen LogP contribution in [0.3, 0.4) is 0 Å². The largest absolute Gasteiger partial charge is 0.479 e. The van der Waals surface area contributed by atoms with Gasteiger partial charge in [0, 0.05) is 52.3 Å². The Bertz CT molecular complexity index is 1350. The monoisotopic (exact) mass is 527 g/mol. The van der Waals surface area contributed by atoms with Crippen molar-refractivity contribution in [3.8, 4) is 16.9 Å². The Morgan fingerprint density at radius 2 is 1.97 bits per heavy atom. The number of likely N-dealkylation sites (tertiary alicyclic amines) is 1. The number of fused-ring (bicyclic) bond motifs is 2. The molecule has 7 nitrogen and oxygen atoms in total. The number of amides is 3. The van der Waals surface area contributed by atoms with Crippen molar-refractivity contribution in [2.75, 3.05) is 18.8 Å². The van der Waals surface area contributed by atoms with Crippen LogP contribution in [-0.2, 0) is 22.6 Å². The summed E-state index contributed by atoms with van der Waals surface area (Å²) in [6.45, 7) is 1.81. The molecule has 3 aliphatic heterocycles. The van der Waals surface area contributed by atoms with Gasteiger partial charge in [0.15, 0.2) is 6.10 Å². The normalized spacial score (nSPS) is 20.0. The minimum Gasteiger partial charge on any atom is -0.479 e. The molecule has 5 heterocycles. The topological polar surface area (TPSA) is 79.8 Å². The average Bonchev–Trinajstić information content (AvgIpc) is 3.56. The maximum absolute atomic E-state index is 13.1. The first-order valence-corrected chi connectivity index (χ1v) is 13.8. The number of thioether (sulfide) groups is 1. The van der Waals surface area contributed by atoms with Gasteiger partial charge in [0.1, 0.15) is 5.75 Å². The van der Waals surface area contributed by atoms with Crippen LogP contribution in [0.4, 0.5) is 4.79 Å². The van der Waals surface area contributed by atoms with Gasteiger partial charge >= 0.3 is 0 Å². The fourth-order valence-corrected chi connectivity index (χ4v) is 7.04. The molecular weight excluding hydrogens is 506 g/mol. The molecule has 2 fully saturated rings. The third-order valence-corrected chi connectivity index (χ3v) is 8.87. The Morgan fingerprint density at radius 3 is 2.74 bits per heavy atom. The van der Waals surface area contributed by atoms with Gasteiger partial charge in [-0.05, 0) is 43.5 Å². The standard InChI is InChI=1S/C25H22ClN3O4S2/c26-15-8-14-9-20(24(31)28-6-2-1-3-7-28)33-22(14)18(10-15)17-4-5-27-19-11-16(35-23(17)19)12-29-21(30)13-34-25(29)32/h4-5,8,10-11,20H,1-3,6-7,9,12-13H2. The predicted molar refractivity (Wildman–Crippen MR) is 137 cm³/mol. The van der Waals surface area contributed by atoms with Gasteiger partial charge in [0.2, 0.25) is 5.91 Å². The molecule has 35 heavy (non-hydrogen) atoms. The second kappa shape index (κ2) is 9.11. The fourth-order valence-electron chi connectivity index (χ4n) is 4.95. The molecule has 0 aliphatic carbocycles. The molecular formula is C25H22ClN3O4S2. The number of carbonyl (C=O) groups excluding carboxylic acids is 3. The SMILES string of the molecule is O=C(C1Cc2cc(Cl)cc(-c3ccnc4cc(CN5C(=O)CSC5=O)sc34)c2O1)N1CCCCC1. The molecule has 3 aromatic rings. The van der Waals surface area contributed by atoms with Crippen LogP contribution in [0.15, 0.2) is 30.5 Å². The minimum atomic E-state index is -0.541. The average molecular weight is 528 g/mol. The van der Waals surface area contributed by atoms with Gasteiger partial charge < -0.3 is 9.64 Å². The fraction of sp³-hybridized carbons (Fsp3) is 0.360. The maximum atomic E-state index is 13.1. The van der Waals surface area contributed by atoms with Crippen LogP contribution in [0.5, 0.6) is 5.75 Å². The van der Waals surface area contributed by atoms with Crippen molar-refractivity contribution in [2.24, 2.45) is 0 Å². The van der Waals surface area contributed by atoms with Gasteiger partial charge in [-0.3, -0.25) is 24.3 Å². The van der Waals surface area contributed by atoms with Crippen LogP contribution in [0.1, 0.15) is 29.7 Å². The van der Waals surface area contributed by atoms with Crippen LogP contribution in [-0.4, -0.2) is 56.8 Å². The van der Waals surface area contributed by atoms with Crippen molar-refractivity contribution in [3.05, 3.63) is 45.9 Å². The lowest BCUT2D eigenvalue weighted by Crippen LogP contribution is -2.43. The van der Waals surface area contributed by atoms with E-state index < -0.39 is 6.10 Å². The van der Waals surface area contributed by atoms with Crippen LogP contribution >= 0.6 is 34.7 Å². The van der Waals surface area contributed by atoms with Crippen LogP contribution in [0, 0.1) is 0 Å². The molecule has 3 amide bonds. The number of halogens is 1. The van der Waals surface area contributed by atoms with Gasteiger partial charge in [0.25, 0.3) is 11.1 Å². The molecule has 0 saturated carbocycles. The first kappa shape index (κ1) is 22.8. The number of rotatable bonds is 4. The van der Waals surface area contributed by atoms with Gasteiger partial charge in [-0.1, -0.05) is 23.4 Å². The third kappa shape index (κ3) is 4.19. The van der Waals surface area contributed by atoms with Gasteiger partial charge in [-0.2, -0.15) is 0 Å². The van der Waals surface area contributed by atoms with E-state index in [1.165, 1.54) is 16.2 Å². The molecule has 1 aromatic carbocycles. The highest BCUT2D eigenvalue weighted by Gasteiger charge is 2.35. The van der Waals surface area contributed by atoms with Gasteiger partial charge in [-0.25, -0.2) is 0 Å². The molecule has 0 radical (unpaired) electrons. The molecule has 2 saturated heterocycles. The zero-order valence-electron chi connectivity index (χ0n) is 18.8. The number of ether oxygens (including phenoxy) is 1. The summed E-state index contributed by atoms with van der Waals surface area (Å²) < 4.78 is 7.21. The Balaban J connectivity index is 1.34. The smallest absolute Gasteiger partial charge is 0.289 e. The highest BCUT2D eigenvalue weighted by molar-refractivity contribution is 8.14. The van der Waals surface area contributed by atoms with Crippen LogP contribution in [0.2, 0.25) is 5.02 Å². The second-order valence-corrected chi connectivity index (χ2v) is 11.5. The Morgan fingerprint density at radius 1 is 1.14 bits per heavy atom. The first-order valence-electron chi connectivity index (χ1n) is 11.6. The molecule has 180 valence electrons. The summed E-state index contributed by atoms with van der Waals surface area (Å²) in [4.78, 5) is 45.8. The minimum absolute atomic E-state index is 0.0408. The van der Waals surface area contributed by atoms with E-state index in [1.54, 1.807) is 6.20 Å². The van der Waals surface area contributed by atoms with Crippen molar-refractivity contribution in [1.82, 2.24) is 14.8 Å². The van der Waals surface area contributed by atoms with Gasteiger partial charge in [-0.15, -0.1) is 11.3 Å². The van der Waals surface area contributed by atoms with Crippen molar-refractivity contribution in [2.45, 2.75) is 38.3 Å². The van der Waals surface area contributed by atoms with E-state index in [2.05, 4.69) is 4.98 Å². The number of aromatic nitrogens is 1. The molecule has 0 spiro atoms. The van der Waals surface area contributed by atoms with Crippen LogP contribution in [0.25, 0.3) is 21.3 Å². The van der Waals surface area contributed by atoms with Crippen molar-refractivity contribution >= 4 is 62.0 Å². The number of carbonyl (C=O) groups is 3. The molecule has 3 aliphatic rings. The molecule has 2 aromatic heterocycles. The Hall–Kier alpha value is -2.62. The summed E-state index contributed by atoms with van der Waals surface area (Å²) >= 11 is 9.04. The molecule has 6 rings (SSSR count). The summed E-state index contributed by atoms with van der Waals surface area (Å²) in [5, 5.41) is 0.367. The number of nitrogens with zero attached hydrogens (tertiary/aromatic N) is 3. The molecule has 1 unspecified atom stereocenters. The quantitative estimate of drug-likeness (QED) is 0.468.